The molecule has 1 aliphatic heterocycles. The van der Waals surface area contributed by atoms with Crippen molar-refractivity contribution >= 4 is 11.6 Å². The summed E-state index contributed by atoms with van der Waals surface area (Å²) in [7, 11) is 0. The van der Waals surface area contributed by atoms with Crippen molar-refractivity contribution in [2.75, 3.05) is 11.4 Å². The van der Waals surface area contributed by atoms with Crippen LogP contribution in [0, 0.1) is 5.92 Å². The molecule has 0 spiro atoms. The monoisotopic (exact) mass is 273 g/mol. The molecule has 2 aliphatic rings. The van der Waals surface area contributed by atoms with Crippen LogP contribution in [0.3, 0.4) is 0 Å². The van der Waals surface area contributed by atoms with Crippen LogP contribution in [-0.2, 0) is 4.79 Å². The highest BCUT2D eigenvalue weighted by molar-refractivity contribution is 5.96. The molecule has 1 saturated carbocycles. The zero-order valence-corrected chi connectivity index (χ0v) is 11.9. The Morgan fingerprint density at radius 1 is 1.05 bits per heavy atom. The van der Waals surface area contributed by atoms with Gasteiger partial charge in [-0.1, -0.05) is 43.9 Å². The van der Waals surface area contributed by atoms with Crippen molar-refractivity contribution in [3.05, 3.63) is 29.8 Å². The third kappa shape index (κ3) is 2.59. The molecule has 20 heavy (non-hydrogen) atoms. The van der Waals surface area contributed by atoms with Crippen molar-refractivity contribution in [3.63, 3.8) is 0 Å². The molecule has 1 atom stereocenters. The first-order chi connectivity index (χ1) is 9.77. The summed E-state index contributed by atoms with van der Waals surface area (Å²) in [5.74, 6) is 0.451. The van der Waals surface area contributed by atoms with Crippen molar-refractivity contribution in [3.8, 4) is 0 Å². The maximum atomic E-state index is 12.8. The van der Waals surface area contributed by atoms with Crippen LogP contribution in [0.5, 0.6) is 0 Å². The van der Waals surface area contributed by atoms with Gasteiger partial charge < -0.3 is 10.0 Å². The van der Waals surface area contributed by atoms with E-state index in [0.717, 1.165) is 24.1 Å². The van der Waals surface area contributed by atoms with Gasteiger partial charge in [0, 0.05) is 23.7 Å². The van der Waals surface area contributed by atoms with E-state index in [1.54, 1.807) is 0 Å². The summed E-state index contributed by atoms with van der Waals surface area (Å²) in [5, 5.41) is 10.1. The Morgan fingerprint density at radius 2 is 1.75 bits per heavy atom. The van der Waals surface area contributed by atoms with E-state index in [1.165, 1.54) is 25.7 Å². The fourth-order valence-electron chi connectivity index (χ4n) is 3.52. The molecular formula is C17H23NO2. The molecule has 3 nitrogen and oxygen atoms in total. The number of rotatable bonds is 1. The fourth-order valence-corrected chi connectivity index (χ4v) is 3.52. The summed E-state index contributed by atoms with van der Waals surface area (Å²) in [5.41, 5.74) is 1.82. The smallest absolute Gasteiger partial charge is 0.230 e. The fraction of sp³-hybridized carbons (Fsp3) is 0.588. The summed E-state index contributed by atoms with van der Waals surface area (Å²) in [6.07, 6.45) is 7.15. The molecular weight excluding hydrogens is 250 g/mol. The first-order valence-electron chi connectivity index (χ1n) is 7.86. The van der Waals surface area contributed by atoms with Gasteiger partial charge in [-0.05, 0) is 25.3 Å². The molecule has 1 aromatic carbocycles. The van der Waals surface area contributed by atoms with Crippen LogP contribution in [0.2, 0.25) is 0 Å². The standard InChI is InChI=1S/C17H23NO2/c19-16-11-12-18(15-10-6-5-9-14(15)16)17(20)13-7-3-1-2-4-8-13/h5-6,9-10,13,16,19H,1-4,7-8,11-12H2. The number of benzene rings is 1. The molecule has 0 aromatic heterocycles. The maximum absolute atomic E-state index is 12.8. The van der Waals surface area contributed by atoms with E-state index in [9.17, 15) is 9.90 Å². The van der Waals surface area contributed by atoms with Gasteiger partial charge in [0.1, 0.15) is 0 Å². The Bertz CT molecular complexity index is 478. The number of para-hydroxylation sites is 1. The molecule has 1 N–H and O–H groups in total. The van der Waals surface area contributed by atoms with Crippen molar-refractivity contribution in [2.24, 2.45) is 5.92 Å². The predicted molar refractivity (Wildman–Crippen MR) is 79.6 cm³/mol. The van der Waals surface area contributed by atoms with Crippen molar-refractivity contribution < 1.29 is 9.90 Å². The Morgan fingerprint density at radius 3 is 2.50 bits per heavy atom. The molecule has 3 rings (SSSR count). The van der Waals surface area contributed by atoms with Gasteiger partial charge in [0.05, 0.1) is 6.10 Å². The van der Waals surface area contributed by atoms with Crippen LogP contribution >= 0.6 is 0 Å². The number of aliphatic hydroxyl groups excluding tert-OH is 1. The number of anilines is 1. The van der Waals surface area contributed by atoms with E-state index in [4.69, 9.17) is 0 Å². The number of amides is 1. The third-order valence-electron chi connectivity index (χ3n) is 4.68. The van der Waals surface area contributed by atoms with E-state index in [-0.39, 0.29) is 11.8 Å². The zero-order valence-electron chi connectivity index (χ0n) is 11.9. The lowest BCUT2D eigenvalue weighted by molar-refractivity contribution is -0.123. The van der Waals surface area contributed by atoms with Gasteiger partial charge in [-0.3, -0.25) is 4.79 Å². The number of aliphatic hydroxyl groups is 1. The molecule has 108 valence electrons. The summed E-state index contributed by atoms with van der Waals surface area (Å²) in [4.78, 5) is 14.7. The van der Waals surface area contributed by atoms with E-state index in [2.05, 4.69) is 0 Å². The predicted octanol–water partition coefficient (Wildman–Crippen LogP) is 3.43. The average molecular weight is 273 g/mol. The van der Waals surface area contributed by atoms with Crippen LogP contribution in [0.1, 0.15) is 56.6 Å². The largest absolute Gasteiger partial charge is 0.388 e. The van der Waals surface area contributed by atoms with E-state index in [0.29, 0.717) is 13.0 Å². The second kappa shape index (κ2) is 5.96. The van der Waals surface area contributed by atoms with Gasteiger partial charge in [0.2, 0.25) is 5.91 Å². The Labute approximate surface area is 120 Å². The molecule has 0 saturated heterocycles. The highest BCUT2D eigenvalue weighted by atomic mass is 16.3. The molecule has 3 heteroatoms. The Balaban J connectivity index is 1.83. The lowest BCUT2D eigenvalue weighted by Gasteiger charge is -2.34. The Hall–Kier alpha value is -1.35. The van der Waals surface area contributed by atoms with Gasteiger partial charge in [0.25, 0.3) is 0 Å². The molecule has 1 aromatic rings. The van der Waals surface area contributed by atoms with E-state index in [1.807, 2.05) is 29.2 Å². The van der Waals surface area contributed by atoms with Gasteiger partial charge in [-0.2, -0.15) is 0 Å². The quantitative estimate of drug-likeness (QED) is 0.796. The van der Waals surface area contributed by atoms with Gasteiger partial charge in [-0.25, -0.2) is 0 Å². The van der Waals surface area contributed by atoms with Crippen molar-refractivity contribution in [2.45, 2.75) is 51.0 Å². The summed E-state index contributed by atoms with van der Waals surface area (Å²) >= 11 is 0. The minimum Gasteiger partial charge on any atom is -0.388 e. The van der Waals surface area contributed by atoms with Crippen molar-refractivity contribution in [1.29, 1.82) is 0 Å². The van der Waals surface area contributed by atoms with E-state index < -0.39 is 6.10 Å². The molecule has 1 unspecified atom stereocenters. The summed E-state index contributed by atoms with van der Waals surface area (Å²) < 4.78 is 0. The highest BCUT2D eigenvalue weighted by Crippen LogP contribution is 2.35. The Kier molecular flexibility index (Phi) is 4.06. The second-order valence-electron chi connectivity index (χ2n) is 6.04. The van der Waals surface area contributed by atoms with Crippen molar-refractivity contribution in [1.82, 2.24) is 0 Å². The van der Waals surface area contributed by atoms with Gasteiger partial charge in [-0.15, -0.1) is 0 Å². The lowest BCUT2D eigenvalue weighted by atomic mass is 9.94. The first kappa shape index (κ1) is 13.6. The normalized spacial score (nSPS) is 24.1. The first-order valence-corrected chi connectivity index (χ1v) is 7.86. The summed E-state index contributed by atoms with van der Waals surface area (Å²) in [6, 6.07) is 7.78. The van der Waals surface area contributed by atoms with E-state index >= 15 is 0 Å². The average Bonchev–Trinajstić information content (AvgIpc) is 2.76. The lowest BCUT2D eigenvalue weighted by Crippen LogP contribution is -2.40. The number of hydrogen-bond acceptors (Lipinski definition) is 2. The number of hydrogen-bond donors (Lipinski definition) is 1. The molecule has 1 fully saturated rings. The third-order valence-corrected chi connectivity index (χ3v) is 4.68. The number of carbonyl (C=O) groups is 1. The zero-order chi connectivity index (χ0) is 13.9. The molecule has 1 heterocycles. The SMILES string of the molecule is O=C(C1CCCCCC1)N1CCC(O)c2ccccc21. The van der Waals surface area contributed by atoms with Crippen LogP contribution in [-0.4, -0.2) is 17.6 Å². The maximum Gasteiger partial charge on any atom is 0.230 e. The molecule has 0 bridgehead atoms. The second-order valence-corrected chi connectivity index (χ2v) is 6.04. The minimum absolute atomic E-state index is 0.181. The van der Waals surface area contributed by atoms with Crippen LogP contribution in [0.25, 0.3) is 0 Å². The number of nitrogens with zero attached hydrogens (tertiary/aromatic N) is 1. The van der Waals surface area contributed by atoms with Crippen LogP contribution in [0.15, 0.2) is 24.3 Å². The van der Waals surface area contributed by atoms with Crippen LogP contribution in [0.4, 0.5) is 5.69 Å². The van der Waals surface area contributed by atoms with Crippen LogP contribution < -0.4 is 4.90 Å². The highest BCUT2D eigenvalue weighted by Gasteiger charge is 2.31. The number of fused-ring (bicyclic) bond motifs is 1. The topological polar surface area (TPSA) is 40.5 Å². The molecule has 1 amide bonds. The molecule has 0 radical (unpaired) electrons. The van der Waals surface area contributed by atoms with Gasteiger partial charge in [0.15, 0.2) is 0 Å². The van der Waals surface area contributed by atoms with Gasteiger partial charge >= 0.3 is 0 Å². The minimum atomic E-state index is -0.426. The summed E-state index contributed by atoms with van der Waals surface area (Å²) in [6.45, 7) is 0.646. The number of carbonyl (C=O) groups excluding carboxylic acids is 1. The molecule has 1 aliphatic carbocycles.